The largest absolute Gasteiger partial charge is 0.366 e. The number of hydrogen-bond donors (Lipinski definition) is 1. The van der Waals surface area contributed by atoms with Crippen molar-refractivity contribution in [3.8, 4) is 0 Å². The van der Waals surface area contributed by atoms with E-state index in [0.29, 0.717) is 26.1 Å². The van der Waals surface area contributed by atoms with Gasteiger partial charge in [-0.05, 0) is 40.2 Å². The molecule has 4 nitrogen and oxygen atoms in total. The van der Waals surface area contributed by atoms with Crippen LogP contribution in [0.15, 0.2) is 0 Å². The molecule has 17 heavy (non-hydrogen) atoms. The van der Waals surface area contributed by atoms with Crippen LogP contribution in [0.5, 0.6) is 0 Å². The summed E-state index contributed by atoms with van der Waals surface area (Å²) in [5, 5.41) is 0. The van der Waals surface area contributed by atoms with Crippen LogP contribution in [0.2, 0.25) is 0 Å². The summed E-state index contributed by atoms with van der Waals surface area (Å²) in [5.74, 6) is 0.434. The Bertz CT molecular complexity index is 271. The molecule has 1 fully saturated rings. The van der Waals surface area contributed by atoms with E-state index in [1.165, 1.54) is 0 Å². The number of carbonyl (C=O) groups excluding carboxylic acids is 1. The van der Waals surface area contributed by atoms with Gasteiger partial charge in [0.2, 0.25) is 5.91 Å². The lowest BCUT2D eigenvalue weighted by atomic mass is 9.97. The topological polar surface area (TPSA) is 55.6 Å². The summed E-state index contributed by atoms with van der Waals surface area (Å²) < 4.78 is 5.95. The van der Waals surface area contributed by atoms with Gasteiger partial charge in [0.15, 0.2) is 0 Å². The Morgan fingerprint density at radius 1 is 1.29 bits per heavy atom. The predicted molar refractivity (Wildman–Crippen MR) is 68.7 cm³/mol. The van der Waals surface area contributed by atoms with E-state index in [2.05, 4.69) is 0 Å². The lowest BCUT2D eigenvalue weighted by Crippen LogP contribution is -2.58. The van der Waals surface area contributed by atoms with Gasteiger partial charge in [0.05, 0.1) is 11.2 Å². The van der Waals surface area contributed by atoms with E-state index in [-0.39, 0.29) is 23.0 Å². The minimum absolute atomic E-state index is 0.187. The first-order valence-electron chi connectivity index (χ1n) is 6.33. The molecule has 0 aromatic carbocycles. The van der Waals surface area contributed by atoms with Crippen LogP contribution in [-0.4, -0.2) is 41.6 Å². The standard InChI is InChI=1S/C13H26N2O2/c1-10(7-14)6-11(16)15-8-12(2,3)17-13(4,5)9-15/h10H,6-9,14H2,1-5H3. The van der Waals surface area contributed by atoms with Crippen LogP contribution in [0.3, 0.4) is 0 Å². The molecule has 4 heteroatoms. The number of ether oxygens (including phenoxy) is 1. The summed E-state index contributed by atoms with van der Waals surface area (Å²) in [4.78, 5) is 14.1. The molecule has 0 saturated carbocycles. The highest BCUT2D eigenvalue weighted by molar-refractivity contribution is 5.76. The summed E-state index contributed by atoms with van der Waals surface area (Å²) in [6.07, 6.45) is 0.530. The van der Waals surface area contributed by atoms with Gasteiger partial charge in [0, 0.05) is 19.5 Å². The van der Waals surface area contributed by atoms with Gasteiger partial charge in [-0.15, -0.1) is 0 Å². The van der Waals surface area contributed by atoms with E-state index in [0.717, 1.165) is 0 Å². The summed E-state index contributed by atoms with van der Waals surface area (Å²) in [6, 6.07) is 0. The molecule has 1 aliphatic rings. The molecule has 1 aliphatic heterocycles. The molecule has 0 spiro atoms. The monoisotopic (exact) mass is 242 g/mol. The van der Waals surface area contributed by atoms with Gasteiger partial charge in [-0.1, -0.05) is 6.92 Å². The third kappa shape index (κ3) is 4.28. The second kappa shape index (κ2) is 4.94. The van der Waals surface area contributed by atoms with Gasteiger partial charge in [0.25, 0.3) is 0 Å². The highest BCUT2D eigenvalue weighted by atomic mass is 16.5. The molecule has 0 aromatic rings. The number of carbonyl (C=O) groups is 1. The minimum Gasteiger partial charge on any atom is -0.366 e. The van der Waals surface area contributed by atoms with Crippen LogP contribution in [0.25, 0.3) is 0 Å². The fraction of sp³-hybridized carbons (Fsp3) is 0.923. The van der Waals surface area contributed by atoms with Crippen LogP contribution in [-0.2, 0) is 9.53 Å². The summed E-state index contributed by atoms with van der Waals surface area (Å²) in [7, 11) is 0. The van der Waals surface area contributed by atoms with E-state index in [9.17, 15) is 4.79 Å². The average Bonchev–Trinajstić information content (AvgIpc) is 2.12. The number of hydrogen-bond acceptors (Lipinski definition) is 3. The fourth-order valence-corrected chi connectivity index (χ4v) is 2.47. The van der Waals surface area contributed by atoms with Gasteiger partial charge in [-0.2, -0.15) is 0 Å². The van der Waals surface area contributed by atoms with Crippen molar-refractivity contribution in [3.63, 3.8) is 0 Å². The van der Waals surface area contributed by atoms with Gasteiger partial charge in [-0.25, -0.2) is 0 Å². The molecule has 100 valence electrons. The second-order valence-corrected chi connectivity index (χ2v) is 6.42. The Balaban J connectivity index is 2.67. The van der Waals surface area contributed by atoms with Crippen molar-refractivity contribution in [2.75, 3.05) is 19.6 Å². The van der Waals surface area contributed by atoms with Gasteiger partial charge in [0.1, 0.15) is 0 Å². The average molecular weight is 242 g/mol. The van der Waals surface area contributed by atoms with Crippen molar-refractivity contribution >= 4 is 5.91 Å². The molecule has 0 aromatic heterocycles. The van der Waals surface area contributed by atoms with Crippen molar-refractivity contribution in [2.24, 2.45) is 11.7 Å². The maximum absolute atomic E-state index is 12.2. The van der Waals surface area contributed by atoms with Crippen molar-refractivity contribution in [1.29, 1.82) is 0 Å². The Hall–Kier alpha value is -0.610. The summed E-state index contributed by atoms with van der Waals surface area (Å²) >= 11 is 0. The van der Waals surface area contributed by atoms with Gasteiger partial charge in [-0.3, -0.25) is 4.79 Å². The number of morpholine rings is 1. The van der Waals surface area contributed by atoms with E-state index < -0.39 is 0 Å². The zero-order valence-electron chi connectivity index (χ0n) is 11.7. The minimum atomic E-state index is -0.274. The first-order valence-corrected chi connectivity index (χ1v) is 6.33. The number of amides is 1. The van der Waals surface area contributed by atoms with E-state index in [1.807, 2.05) is 39.5 Å². The first-order chi connectivity index (χ1) is 7.65. The Labute approximate surface area is 104 Å². The van der Waals surface area contributed by atoms with Gasteiger partial charge >= 0.3 is 0 Å². The van der Waals surface area contributed by atoms with Crippen molar-refractivity contribution in [2.45, 2.75) is 52.2 Å². The fourth-order valence-electron chi connectivity index (χ4n) is 2.47. The molecular weight excluding hydrogens is 216 g/mol. The SMILES string of the molecule is CC(CN)CC(=O)N1CC(C)(C)OC(C)(C)C1. The smallest absolute Gasteiger partial charge is 0.223 e. The molecule has 0 aliphatic carbocycles. The summed E-state index contributed by atoms with van der Waals surface area (Å²) in [6.45, 7) is 12.0. The van der Waals surface area contributed by atoms with Crippen LogP contribution in [0, 0.1) is 5.92 Å². The number of rotatable bonds is 3. The summed E-state index contributed by atoms with van der Waals surface area (Å²) in [5.41, 5.74) is 5.01. The predicted octanol–water partition coefficient (Wildman–Crippen LogP) is 1.39. The van der Waals surface area contributed by atoms with Crippen molar-refractivity contribution in [3.05, 3.63) is 0 Å². The molecule has 1 saturated heterocycles. The lowest BCUT2D eigenvalue weighted by Gasteiger charge is -2.47. The quantitative estimate of drug-likeness (QED) is 0.813. The Morgan fingerprint density at radius 2 is 1.76 bits per heavy atom. The maximum atomic E-state index is 12.2. The molecule has 2 N–H and O–H groups in total. The lowest BCUT2D eigenvalue weighted by molar-refractivity contribution is -0.188. The normalized spacial score (nSPS) is 24.5. The highest BCUT2D eigenvalue weighted by Gasteiger charge is 2.39. The van der Waals surface area contributed by atoms with Crippen LogP contribution >= 0.6 is 0 Å². The van der Waals surface area contributed by atoms with E-state index in [1.54, 1.807) is 0 Å². The highest BCUT2D eigenvalue weighted by Crippen LogP contribution is 2.28. The van der Waals surface area contributed by atoms with Gasteiger partial charge < -0.3 is 15.4 Å². The third-order valence-electron chi connectivity index (χ3n) is 2.97. The molecule has 1 amide bonds. The molecule has 1 atom stereocenters. The Morgan fingerprint density at radius 3 is 2.18 bits per heavy atom. The van der Waals surface area contributed by atoms with Crippen LogP contribution in [0.4, 0.5) is 0 Å². The molecule has 1 unspecified atom stereocenters. The Kier molecular flexibility index (Phi) is 4.20. The zero-order valence-corrected chi connectivity index (χ0v) is 11.7. The van der Waals surface area contributed by atoms with Crippen LogP contribution in [0.1, 0.15) is 41.0 Å². The third-order valence-corrected chi connectivity index (χ3v) is 2.97. The number of nitrogens with zero attached hydrogens (tertiary/aromatic N) is 1. The molecule has 1 rings (SSSR count). The molecule has 1 heterocycles. The van der Waals surface area contributed by atoms with E-state index >= 15 is 0 Å². The maximum Gasteiger partial charge on any atom is 0.223 e. The van der Waals surface area contributed by atoms with E-state index in [4.69, 9.17) is 10.5 Å². The molecule has 0 bridgehead atoms. The molecule has 0 radical (unpaired) electrons. The molecular formula is C13H26N2O2. The number of nitrogens with two attached hydrogens (primary N) is 1. The van der Waals surface area contributed by atoms with Crippen molar-refractivity contribution in [1.82, 2.24) is 4.90 Å². The second-order valence-electron chi connectivity index (χ2n) is 6.42. The zero-order chi connectivity index (χ0) is 13.3. The van der Waals surface area contributed by atoms with Crippen molar-refractivity contribution < 1.29 is 9.53 Å². The van der Waals surface area contributed by atoms with Crippen LogP contribution < -0.4 is 5.73 Å². The first kappa shape index (κ1) is 14.5.